The molecule has 2 aliphatic carbocycles. The van der Waals surface area contributed by atoms with Crippen molar-refractivity contribution in [3.8, 4) is 0 Å². The van der Waals surface area contributed by atoms with E-state index in [1.165, 1.54) is 18.2 Å². The summed E-state index contributed by atoms with van der Waals surface area (Å²) < 4.78 is 0. The van der Waals surface area contributed by atoms with E-state index in [9.17, 15) is 24.8 Å². The van der Waals surface area contributed by atoms with Crippen LogP contribution in [0.15, 0.2) is 30.4 Å². The number of nitro groups is 1. The number of hydrogen-bond acceptors (Lipinski definition) is 4. The van der Waals surface area contributed by atoms with Gasteiger partial charge in [-0.3, -0.25) is 19.7 Å². The zero-order valence-corrected chi connectivity index (χ0v) is 12.6. The van der Waals surface area contributed by atoms with Crippen molar-refractivity contribution in [3.63, 3.8) is 0 Å². The number of allylic oxidation sites excluding steroid dienone is 2. The molecule has 0 heterocycles. The molecule has 3 rings (SSSR count). The molecule has 120 valence electrons. The smallest absolute Gasteiger partial charge is 0.307 e. The summed E-state index contributed by atoms with van der Waals surface area (Å²) in [4.78, 5) is 34.1. The Labute approximate surface area is 136 Å². The van der Waals surface area contributed by atoms with Gasteiger partial charge in [-0.05, 0) is 30.4 Å². The first kappa shape index (κ1) is 15.5. The Morgan fingerprint density at radius 1 is 1.26 bits per heavy atom. The molecule has 1 amide bonds. The number of rotatable bonds is 4. The molecule has 0 radical (unpaired) electrons. The van der Waals surface area contributed by atoms with Crippen LogP contribution in [-0.2, 0) is 9.59 Å². The number of anilines is 1. The highest BCUT2D eigenvalue weighted by Gasteiger charge is 2.51. The molecule has 23 heavy (non-hydrogen) atoms. The van der Waals surface area contributed by atoms with Crippen molar-refractivity contribution >= 4 is 34.9 Å². The van der Waals surface area contributed by atoms with Crippen LogP contribution in [0.2, 0.25) is 5.02 Å². The van der Waals surface area contributed by atoms with Crippen LogP contribution in [0.1, 0.15) is 6.42 Å². The fraction of sp³-hybridized carbons (Fsp3) is 0.333. The molecular formula is C15H13ClN2O5. The molecule has 2 aliphatic rings. The van der Waals surface area contributed by atoms with Crippen molar-refractivity contribution in [1.82, 2.24) is 0 Å². The second kappa shape index (κ2) is 5.66. The van der Waals surface area contributed by atoms with E-state index in [4.69, 9.17) is 11.6 Å². The SMILES string of the molecule is O=C(O)[C@@H]1[C@H](C(=O)Nc2ccc(Cl)c([N+](=O)[O-])c2)[C@@H]2C=C[C@H]1C2. The highest BCUT2D eigenvalue weighted by atomic mass is 35.5. The molecule has 2 N–H and O–H groups in total. The lowest BCUT2D eigenvalue weighted by atomic mass is 9.82. The summed E-state index contributed by atoms with van der Waals surface area (Å²) in [6.07, 6.45) is 4.37. The monoisotopic (exact) mass is 336 g/mol. The molecule has 1 saturated carbocycles. The zero-order valence-electron chi connectivity index (χ0n) is 11.8. The number of nitrogens with zero attached hydrogens (tertiary/aromatic N) is 1. The fourth-order valence-corrected chi connectivity index (χ4v) is 3.66. The standard InChI is InChI=1S/C15H13ClN2O5/c16-10-4-3-9(6-11(10)18(22)23)17-14(19)12-7-1-2-8(5-7)13(12)15(20)21/h1-4,6-8,12-13H,5H2,(H,17,19)(H,20,21)/t7-,8+,12-,13+/m1/s1. The van der Waals surface area contributed by atoms with Crippen molar-refractivity contribution in [3.05, 3.63) is 45.5 Å². The second-order valence-electron chi connectivity index (χ2n) is 5.75. The van der Waals surface area contributed by atoms with Crippen LogP contribution in [0.5, 0.6) is 0 Å². The minimum atomic E-state index is -0.996. The number of carboxylic acids is 1. The maximum atomic E-state index is 12.5. The molecular weight excluding hydrogens is 324 g/mol. The van der Waals surface area contributed by atoms with E-state index in [1.54, 1.807) is 0 Å². The topological polar surface area (TPSA) is 110 Å². The molecule has 0 aliphatic heterocycles. The Hall–Kier alpha value is -2.41. The minimum absolute atomic E-state index is 0.0285. The normalized spacial score (nSPS) is 27.9. The first-order valence-corrected chi connectivity index (χ1v) is 7.42. The third kappa shape index (κ3) is 2.68. The predicted octanol–water partition coefficient (Wildman–Crippen LogP) is 2.71. The number of carbonyl (C=O) groups is 2. The molecule has 0 spiro atoms. The maximum absolute atomic E-state index is 12.5. The van der Waals surface area contributed by atoms with Crippen LogP contribution in [0, 0.1) is 33.8 Å². The molecule has 1 aromatic carbocycles. The number of hydrogen-bond donors (Lipinski definition) is 2. The van der Waals surface area contributed by atoms with E-state index < -0.39 is 28.6 Å². The van der Waals surface area contributed by atoms with Crippen LogP contribution in [0.3, 0.4) is 0 Å². The van der Waals surface area contributed by atoms with Crippen molar-refractivity contribution in [1.29, 1.82) is 0 Å². The Morgan fingerprint density at radius 2 is 1.91 bits per heavy atom. The number of nitrogens with one attached hydrogen (secondary N) is 1. The molecule has 7 nitrogen and oxygen atoms in total. The third-order valence-electron chi connectivity index (χ3n) is 4.46. The maximum Gasteiger partial charge on any atom is 0.307 e. The molecule has 4 atom stereocenters. The number of carboxylic acid groups (broad SMARTS) is 1. The summed E-state index contributed by atoms with van der Waals surface area (Å²) in [5, 5.41) is 22.8. The van der Waals surface area contributed by atoms with Crippen LogP contribution in [0.4, 0.5) is 11.4 Å². The number of carbonyl (C=O) groups excluding carboxylic acids is 1. The van der Waals surface area contributed by atoms with Gasteiger partial charge in [0.15, 0.2) is 0 Å². The van der Waals surface area contributed by atoms with Crippen molar-refractivity contribution in [2.24, 2.45) is 23.7 Å². The Bertz CT molecular complexity index is 733. The molecule has 0 unspecified atom stereocenters. The van der Waals surface area contributed by atoms with E-state index in [-0.39, 0.29) is 28.2 Å². The quantitative estimate of drug-likeness (QED) is 0.499. The zero-order chi connectivity index (χ0) is 16.7. The summed E-state index contributed by atoms with van der Waals surface area (Å²) in [6.45, 7) is 0. The number of nitro benzene ring substituents is 1. The lowest BCUT2D eigenvalue weighted by Crippen LogP contribution is -2.36. The third-order valence-corrected chi connectivity index (χ3v) is 4.78. The van der Waals surface area contributed by atoms with E-state index in [1.807, 2.05) is 12.2 Å². The van der Waals surface area contributed by atoms with Gasteiger partial charge in [0.05, 0.1) is 16.8 Å². The van der Waals surface area contributed by atoms with Gasteiger partial charge in [0, 0.05) is 11.8 Å². The molecule has 1 fully saturated rings. The van der Waals surface area contributed by atoms with Crippen LogP contribution in [0.25, 0.3) is 0 Å². The van der Waals surface area contributed by atoms with Crippen molar-refractivity contribution < 1.29 is 19.6 Å². The average Bonchev–Trinajstić information content (AvgIpc) is 3.09. The van der Waals surface area contributed by atoms with Gasteiger partial charge < -0.3 is 10.4 Å². The molecule has 1 aromatic rings. The van der Waals surface area contributed by atoms with E-state index >= 15 is 0 Å². The number of amides is 1. The number of halogens is 1. The Kier molecular flexibility index (Phi) is 3.81. The van der Waals surface area contributed by atoms with Gasteiger partial charge in [0.25, 0.3) is 5.69 Å². The molecule has 8 heteroatoms. The highest BCUT2D eigenvalue weighted by Crippen LogP contribution is 2.48. The molecule has 0 aromatic heterocycles. The summed E-state index contributed by atoms with van der Waals surface area (Å²) >= 11 is 5.73. The van der Waals surface area contributed by atoms with Gasteiger partial charge >= 0.3 is 5.97 Å². The van der Waals surface area contributed by atoms with Crippen LogP contribution in [-0.4, -0.2) is 21.9 Å². The number of fused-ring (bicyclic) bond motifs is 2. The summed E-state index contributed by atoms with van der Waals surface area (Å²) in [6, 6.07) is 3.94. The summed E-state index contributed by atoms with van der Waals surface area (Å²) in [5.74, 6) is -3.10. The number of aliphatic carboxylic acids is 1. The van der Waals surface area contributed by atoms with E-state index in [0.29, 0.717) is 6.42 Å². The second-order valence-corrected chi connectivity index (χ2v) is 6.16. The van der Waals surface area contributed by atoms with Crippen molar-refractivity contribution in [2.45, 2.75) is 6.42 Å². The van der Waals surface area contributed by atoms with Gasteiger partial charge in [0.1, 0.15) is 5.02 Å². The van der Waals surface area contributed by atoms with E-state index in [0.717, 1.165) is 0 Å². The predicted molar refractivity (Wildman–Crippen MR) is 82.1 cm³/mol. The van der Waals surface area contributed by atoms with Gasteiger partial charge in [-0.25, -0.2) is 0 Å². The minimum Gasteiger partial charge on any atom is -0.481 e. The largest absolute Gasteiger partial charge is 0.481 e. The van der Waals surface area contributed by atoms with Gasteiger partial charge in [-0.2, -0.15) is 0 Å². The van der Waals surface area contributed by atoms with Gasteiger partial charge in [-0.15, -0.1) is 0 Å². The molecule has 0 saturated heterocycles. The Morgan fingerprint density at radius 3 is 2.52 bits per heavy atom. The van der Waals surface area contributed by atoms with Crippen LogP contribution >= 0.6 is 11.6 Å². The van der Waals surface area contributed by atoms with Crippen molar-refractivity contribution in [2.75, 3.05) is 5.32 Å². The summed E-state index contributed by atoms with van der Waals surface area (Å²) in [7, 11) is 0. The summed E-state index contributed by atoms with van der Waals surface area (Å²) in [5.41, 5.74) is -0.0888. The lowest BCUT2D eigenvalue weighted by molar-refractivity contribution is -0.384. The first-order valence-electron chi connectivity index (χ1n) is 7.04. The fourth-order valence-electron chi connectivity index (χ4n) is 3.47. The van der Waals surface area contributed by atoms with E-state index in [2.05, 4.69) is 5.32 Å². The Balaban J connectivity index is 1.82. The number of benzene rings is 1. The average molecular weight is 337 g/mol. The first-order chi connectivity index (χ1) is 10.9. The van der Waals surface area contributed by atoms with Gasteiger partial charge in [-0.1, -0.05) is 23.8 Å². The highest BCUT2D eigenvalue weighted by molar-refractivity contribution is 6.32. The van der Waals surface area contributed by atoms with Gasteiger partial charge in [0.2, 0.25) is 5.91 Å². The van der Waals surface area contributed by atoms with Crippen LogP contribution < -0.4 is 5.32 Å². The lowest BCUT2D eigenvalue weighted by Gasteiger charge is -2.23. The molecule has 2 bridgehead atoms.